The van der Waals surface area contributed by atoms with Gasteiger partial charge in [0.15, 0.2) is 0 Å². The Hall–Kier alpha value is -0.840. The fourth-order valence-corrected chi connectivity index (χ4v) is 1.37. The molecule has 0 saturated heterocycles. The van der Waals surface area contributed by atoms with Gasteiger partial charge < -0.3 is 11.1 Å². The first-order valence-electron chi connectivity index (χ1n) is 5.27. The van der Waals surface area contributed by atoms with E-state index in [1.54, 1.807) is 18.3 Å². The Morgan fingerprint density at radius 3 is 2.82 bits per heavy atom. The summed E-state index contributed by atoms with van der Waals surface area (Å²) in [6, 6.07) is 3.08. The highest BCUT2D eigenvalue weighted by Crippen LogP contribution is 2.05. The lowest BCUT2D eigenvalue weighted by molar-refractivity contribution is -0.122. The van der Waals surface area contributed by atoms with Crippen molar-refractivity contribution in [1.29, 1.82) is 0 Å². The Bertz CT molecular complexity index is 343. The molecule has 3 N–H and O–H groups in total. The van der Waals surface area contributed by atoms with E-state index in [9.17, 15) is 4.79 Å². The molecule has 1 heterocycles. The highest BCUT2D eigenvalue weighted by atomic mass is 35.5. The number of halogens is 2. The normalized spacial score (nSPS) is 11.5. The van der Waals surface area contributed by atoms with Crippen molar-refractivity contribution >= 4 is 29.9 Å². The summed E-state index contributed by atoms with van der Waals surface area (Å²) < 4.78 is 0. The standard InChI is InChI=1S/C11H16ClN3O.ClH/c1-2-3-10(13)11(16)15-7-9-5-4-8(12)6-14-9;/h4-6,10H,2-3,7,13H2,1H3,(H,15,16);1H. The predicted molar refractivity (Wildman–Crippen MR) is 71.2 cm³/mol. The molecule has 96 valence electrons. The van der Waals surface area contributed by atoms with Crippen LogP contribution in [0.5, 0.6) is 0 Å². The predicted octanol–water partition coefficient (Wildman–Crippen LogP) is 1.90. The first-order chi connectivity index (χ1) is 7.63. The Kier molecular flexibility index (Phi) is 7.87. The third kappa shape index (κ3) is 5.86. The number of nitrogens with two attached hydrogens (primary N) is 1. The van der Waals surface area contributed by atoms with Gasteiger partial charge in [0.2, 0.25) is 5.91 Å². The second-order valence-electron chi connectivity index (χ2n) is 3.58. The summed E-state index contributed by atoms with van der Waals surface area (Å²) in [6.07, 6.45) is 3.14. The average molecular weight is 278 g/mol. The van der Waals surface area contributed by atoms with Gasteiger partial charge in [-0.05, 0) is 18.6 Å². The summed E-state index contributed by atoms with van der Waals surface area (Å²) in [7, 11) is 0. The van der Waals surface area contributed by atoms with Gasteiger partial charge in [0, 0.05) is 6.20 Å². The van der Waals surface area contributed by atoms with E-state index in [0.717, 1.165) is 12.1 Å². The molecule has 17 heavy (non-hydrogen) atoms. The van der Waals surface area contributed by atoms with Gasteiger partial charge in [0.1, 0.15) is 0 Å². The van der Waals surface area contributed by atoms with Gasteiger partial charge in [-0.15, -0.1) is 12.4 Å². The van der Waals surface area contributed by atoms with Crippen LogP contribution in [0.4, 0.5) is 0 Å². The molecule has 0 bridgehead atoms. The number of aromatic nitrogens is 1. The number of pyridine rings is 1. The van der Waals surface area contributed by atoms with Crippen molar-refractivity contribution in [2.24, 2.45) is 5.73 Å². The molecule has 1 atom stereocenters. The Morgan fingerprint density at radius 1 is 1.59 bits per heavy atom. The van der Waals surface area contributed by atoms with E-state index >= 15 is 0 Å². The number of amides is 1. The minimum atomic E-state index is -0.433. The lowest BCUT2D eigenvalue weighted by Crippen LogP contribution is -2.40. The zero-order chi connectivity index (χ0) is 12.0. The number of rotatable bonds is 5. The maximum absolute atomic E-state index is 11.5. The molecule has 1 amide bonds. The van der Waals surface area contributed by atoms with E-state index in [0.29, 0.717) is 18.0 Å². The summed E-state index contributed by atoms with van der Waals surface area (Å²) >= 11 is 5.70. The summed E-state index contributed by atoms with van der Waals surface area (Å²) in [4.78, 5) is 15.6. The average Bonchev–Trinajstić information content (AvgIpc) is 2.28. The zero-order valence-electron chi connectivity index (χ0n) is 9.65. The summed E-state index contributed by atoms with van der Waals surface area (Å²) in [5, 5.41) is 3.31. The molecule has 0 aliphatic heterocycles. The van der Waals surface area contributed by atoms with Crippen LogP contribution in [0.25, 0.3) is 0 Å². The van der Waals surface area contributed by atoms with E-state index in [1.807, 2.05) is 6.92 Å². The molecular formula is C11H17Cl2N3O. The van der Waals surface area contributed by atoms with Crippen LogP contribution < -0.4 is 11.1 Å². The first-order valence-corrected chi connectivity index (χ1v) is 5.65. The Labute approximate surface area is 112 Å². The molecule has 6 heteroatoms. The molecule has 1 aromatic heterocycles. The van der Waals surface area contributed by atoms with Crippen molar-refractivity contribution in [3.63, 3.8) is 0 Å². The van der Waals surface area contributed by atoms with Gasteiger partial charge >= 0.3 is 0 Å². The van der Waals surface area contributed by atoms with Gasteiger partial charge in [0.05, 0.1) is 23.3 Å². The van der Waals surface area contributed by atoms with Crippen LogP contribution in [-0.2, 0) is 11.3 Å². The zero-order valence-corrected chi connectivity index (χ0v) is 11.2. The van der Waals surface area contributed by atoms with Crippen LogP contribution >= 0.6 is 24.0 Å². The monoisotopic (exact) mass is 277 g/mol. The Morgan fingerprint density at radius 2 is 2.29 bits per heavy atom. The highest BCUT2D eigenvalue weighted by molar-refractivity contribution is 6.30. The SMILES string of the molecule is CCCC(N)C(=O)NCc1ccc(Cl)cn1.Cl. The largest absolute Gasteiger partial charge is 0.349 e. The summed E-state index contributed by atoms with van der Waals surface area (Å²) in [5.41, 5.74) is 6.43. The maximum Gasteiger partial charge on any atom is 0.237 e. The smallest absolute Gasteiger partial charge is 0.237 e. The number of nitrogens with zero attached hydrogens (tertiary/aromatic N) is 1. The number of carbonyl (C=O) groups is 1. The molecule has 0 aliphatic rings. The van der Waals surface area contributed by atoms with E-state index in [1.165, 1.54) is 0 Å². The maximum atomic E-state index is 11.5. The van der Waals surface area contributed by atoms with Gasteiger partial charge in [-0.2, -0.15) is 0 Å². The topological polar surface area (TPSA) is 68.0 Å². The van der Waals surface area contributed by atoms with Gasteiger partial charge in [-0.25, -0.2) is 0 Å². The van der Waals surface area contributed by atoms with Crippen molar-refractivity contribution in [1.82, 2.24) is 10.3 Å². The second kappa shape index (κ2) is 8.28. The number of carbonyl (C=O) groups excluding carboxylic acids is 1. The molecule has 1 aromatic rings. The van der Waals surface area contributed by atoms with E-state index in [2.05, 4.69) is 10.3 Å². The lowest BCUT2D eigenvalue weighted by Gasteiger charge is -2.10. The van der Waals surface area contributed by atoms with Crippen molar-refractivity contribution in [3.05, 3.63) is 29.0 Å². The number of hydrogen-bond donors (Lipinski definition) is 2. The van der Waals surface area contributed by atoms with Crippen LogP contribution in [0, 0.1) is 0 Å². The first kappa shape index (κ1) is 16.2. The molecule has 0 spiro atoms. The van der Waals surface area contributed by atoms with Crippen LogP contribution in [0.2, 0.25) is 5.02 Å². The minimum absolute atomic E-state index is 0. The third-order valence-electron chi connectivity index (χ3n) is 2.17. The summed E-state index contributed by atoms with van der Waals surface area (Å²) in [5.74, 6) is -0.140. The highest BCUT2D eigenvalue weighted by Gasteiger charge is 2.11. The molecule has 0 fully saturated rings. The van der Waals surface area contributed by atoms with E-state index < -0.39 is 6.04 Å². The van der Waals surface area contributed by atoms with Crippen LogP contribution in [0.3, 0.4) is 0 Å². The Balaban J connectivity index is 0.00000256. The number of nitrogens with one attached hydrogen (secondary N) is 1. The lowest BCUT2D eigenvalue weighted by atomic mass is 10.1. The fourth-order valence-electron chi connectivity index (χ4n) is 1.26. The van der Waals surface area contributed by atoms with Crippen LogP contribution in [0.1, 0.15) is 25.5 Å². The molecule has 0 radical (unpaired) electrons. The molecule has 0 aliphatic carbocycles. The minimum Gasteiger partial charge on any atom is -0.349 e. The molecule has 0 saturated carbocycles. The molecule has 0 aromatic carbocycles. The van der Waals surface area contributed by atoms with Crippen molar-refractivity contribution in [2.45, 2.75) is 32.4 Å². The van der Waals surface area contributed by atoms with E-state index in [-0.39, 0.29) is 18.3 Å². The number of hydrogen-bond acceptors (Lipinski definition) is 3. The van der Waals surface area contributed by atoms with Gasteiger partial charge in [-0.1, -0.05) is 24.9 Å². The third-order valence-corrected chi connectivity index (χ3v) is 2.39. The van der Waals surface area contributed by atoms with Crippen LogP contribution in [0.15, 0.2) is 18.3 Å². The van der Waals surface area contributed by atoms with Crippen molar-refractivity contribution in [2.75, 3.05) is 0 Å². The molecular weight excluding hydrogens is 261 g/mol. The fraction of sp³-hybridized carbons (Fsp3) is 0.455. The van der Waals surface area contributed by atoms with Crippen molar-refractivity contribution < 1.29 is 4.79 Å². The van der Waals surface area contributed by atoms with Gasteiger partial charge in [-0.3, -0.25) is 9.78 Å². The quantitative estimate of drug-likeness (QED) is 0.864. The van der Waals surface area contributed by atoms with Gasteiger partial charge in [0.25, 0.3) is 0 Å². The van der Waals surface area contributed by atoms with Crippen LogP contribution in [-0.4, -0.2) is 16.9 Å². The second-order valence-corrected chi connectivity index (χ2v) is 4.02. The summed E-state index contributed by atoms with van der Waals surface area (Å²) in [6.45, 7) is 2.38. The molecule has 4 nitrogen and oxygen atoms in total. The van der Waals surface area contributed by atoms with E-state index in [4.69, 9.17) is 17.3 Å². The molecule has 1 rings (SSSR count). The molecule has 1 unspecified atom stereocenters. The van der Waals surface area contributed by atoms with Crippen molar-refractivity contribution in [3.8, 4) is 0 Å².